The molecule has 5 aromatic rings. The van der Waals surface area contributed by atoms with Crippen LogP contribution < -0.4 is 10.6 Å². The molecule has 0 aliphatic rings. The number of thioether (sulfide) groups is 2. The number of benzene rings is 3. The van der Waals surface area contributed by atoms with Crippen molar-refractivity contribution < 1.29 is 9.59 Å². The SMILES string of the molecule is O=C(CSc1nc2ccc(NC(=O)CSc3nnnn3-c3ccccc3)cc2s1)NCc1ccccc1. The number of hydrogen-bond donors (Lipinski definition) is 2. The first-order valence-corrected chi connectivity index (χ1v) is 14.0. The van der Waals surface area contributed by atoms with Crippen LogP contribution in [0.1, 0.15) is 5.56 Å². The van der Waals surface area contributed by atoms with Crippen LogP contribution in [0, 0.1) is 0 Å². The van der Waals surface area contributed by atoms with Crippen LogP contribution in [-0.2, 0) is 16.1 Å². The van der Waals surface area contributed by atoms with Gasteiger partial charge in [0.05, 0.1) is 27.4 Å². The zero-order valence-corrected chi connectivity index (χ0v) is 21.9. The maximum absolute atomic E-state index is 12.6. The van der Waals surface area contributed by atoms with Crippen LogP contribution in [-0.4, -0.2) is 48.5 Å². The fraction of sp³-hybridized carbons (Fsp3) is 0.120. The number of carbonyl (C=O) groups excluding carboxylic acids is 2. The summed E-state index contributed by atoms with van der Waals surface area (Å²) >= 11 is 4.15. The zero-order chi connectivity index (χ0) is 25.5. The van der Waals surface area contributed by atoms with E-state index in [1.54, 1.807) is 4.68 Å². The van der Waals surface area contributed by atoms with E-state index in [4.69, 9.17) is 0 Å². The van der Waals surface area contributed by atoms with Crippen LogP contribution in [0.15, 0.2) is 88.4 Å². The molecule has 3 aromatic carbocycles. The highest BCUT2D eigenvalue weighted by molar-refractivity contribution is 8.01. The number of nitrogens with zero attached hydrogens (tertiary/aromatic N) is 5. The van der Waals surface area contributed by atoms with Gasteiger partial charge in [0.15, 0.2) is 4.34 Å². The van der Waals surface area contributed by atoms with E-state index in [-0.39, 0.29) is 23.3 Å². The normalized spacial score (nSPS) is 10.9. The summed E-state index contributed by atoms with van der Waals surface area (Å²) in [6.07, 6.45) is 0. The van der Waals surface area contributed by atoms with Crippen molar-refractivity contribution in [1.82, 2.24) is 30.5 Å². The number of hydrogen-bond acceptors (Lipinski definition) is 9. The second-order valence-electron chi connectivity index (χ2n) is 7.76. The lowest BCUT2D eigenvalue weighted by Gasteiger charge is -2.06. The van der Waals surface area contributed by atoms with Gasteiger partial charge < -0.3 is 10.6 Å². The first kappa shape index (κ1) is 24.9. The Labute approximate surface area is 225 Å². The molecular formula is C25H21N7O2S3. The molecule has 0 spiro atoms. The van der Waals surface area contributed by atoms with E-state index in [9.17, 15) is 9.59 Å². The topological polar surface area (TPSA) is 115 Å². The predicted octanol–water partition coefficient (Wildman–Crippen LogP) is 4.41. The maximum atomic E-state index is 12.6. The van der Waals surface area contributed by atoms with E-state index in [2.05, 4.69) is 31.1 Å². The number of tetrazole rings is 1. The van der Waals surface area contributed by atoms with Crippen molar-refractivity contribution in [3.05, 3.63) is 84.4 Å². The van der Waals surface area contributed by atoms with E-state index in [1.165, 1.54) is 34.9 Å². The molecule has 0 saturated heterocycles. The van der Waals surface area contributed by atoms with Gasteiger partial charge in [-0.2, -0.15) is 4.68 Å². The standard InChI is InChI=1S/C25H21N7O2S3/c33-22(26-14-17-7-3-1-4-8-17)15-36-25-28-20-12-11-18(13-21(20)37-25)27-23(34)16-35-24-29-30-31-32(24)19-9-5-2-6-10-19/h1-13H,14-16H2,(H,26,33)(H,27,34). The third kappa shape index (κ3) is 6.73. The van der Waals surface area contributed by atoms with Crippen LogP contribution in [0.25, 0.3) is 15.9 Å². The molecule has 186 valence electrons. The van der Waals surface area contributed by atoms with Gasteiger partial charge in [-0.25, -0.2) is 4.98 Å². The van der Waals surface area contributed by atoms with Crippen molar-refractivity contribution in [2.45, 2.75) is 16.0 Å². The van der Waals surface area contributed by atoms with Crippen molar-refractivity contribution >= 4 is 62.6 Å². The molecule has 0 saturated carbocycles. The molecule has 0 bridgehead atoms. The maximum Gasteiger partial charge on any atom is 0.234 e. The lowest BCUT2D eigenvalue weighted by Crippen LogP contribution is -2.24. The molecule has 2 amide bonds. The second kappa shape index (κ2) is 12.0. The fourth-order valence-corrected chi connectivity index (χ4v) is 5.97. The zero-order valence-electron chi connectivity index (χ0n) is 19.4. The van der Waals surface area contributed by atoms with Crippen LogP contribution in [0.4, 0.5) is 5.69 Å². The van der Waals surface area contributed by atoms with Gasteiger partial charge in [0.25, 0.3) is 0 Å². The lowest BCUT2D eigenvalue weighted by atomic mass is 10.2. The van der Waals surface area contributed by atoms with Gasteiger partial charge in [-0.1, -0.05) is 72.1 Å². The smallest absolute Gasteiger partial charge is 0.234 e. The van der Waals surface area contributed by atoms with E-state index >= 15 is 0 Å². The molecule has 0 unspecified atom stereocenters. The van der Waals surface area contributed by atoms with Gasteiger partial charge in [-0.15, -0.1) is 16.4 Å². The number of carbonyl (C=O) groups is 2. The Balaban J connectivity index is 1.13. The van der Waals surface area contributed by atoms with Crippen molar-refractivity contribution in [2.24, 2.45) is 0 Å². The van der Waals surface area contributed by atoms with E-state index in [1.807, 2.05) is 78.9 Å². The number of fused-ring (bicyclic) bond motifs is 1. The van der Waals surface area contributed by atoms with Gasteiger partial charge in [-0.3, -0.25) is 9.59 Å². The second-order valence-corrected chi connectivity index (χ2v) is 11.0. The van der Waals surface area contributed by atoms with Crippen molar-refractivity contribution in [3.63, 3.8) is 0 Å². The van der Waals surface area contributed by atoms with E-state index in [0.29, 0.717) is 17.4 Å². The van der Waals surface area contributed by atoms with Crippen molar-refractivity contribution in [1.29, 1.82) is 0 Å². The van der Waals surface area contributed by atoms with Gasteiger partial charge >= 0.3 is 0 Å². The van der Waals surface area contributed by atoms with Crippen molar-refractivity contribution in [3.8, 4) is 5.69 Å². The third-order valence-corrected chi connectivity index (χ3v) is 8.17. The number of rotatable bonds is 10. The van der Waals surface area contributed by atoms with Crippen LogP contribution in [0.5, 0.6) is 0 Å². The molecule has 0 fully saturated rings. The average Bonchev–Trinajstić information content (AvgIpc) is 3.57. The minimum absolute atomic E-state index is 0.0446. The van der Waals surface area contributed by atoms with Crippen LogP contribution in [0.2, 0.25) is 0 Å². The molecule has 2 aromatic heterocycles. The Bertz CT molecular complexity index is 1510. The number of anilines is 1. The Hall–Kier alpha value is -3.74. The molecule has 0 aliphatic heterocycles. The number of amides is 2. The minimum Gasteiger partial charge on any atom is -0.351 e. The highest BCUT2D eigenvalue weighted by Crippen LogP contribution is 2.31. The molecule has 0 radical (unpaired) electrons. The van der Waals surface area contributed by atoms with Crippen molar-refractivity contribution in [2.75, 3.05) is 16.8 Å². The quantitative estimate of drug-likeness (QED) is 0.247. The summed E-state index contributed by atoms with van der Waals surface area (Å²) in [7, 11) is 0. The Morgan fingerprint density at radius 2 is 1.65 bits per heavy atom. The number of thiazole rings is 1. The molecule has 12 heteroatoms. The fourth-order valence-electron chi connectivity index (χ4n) is 3.35. The first-order valence-electron chi connectivity index (χ1n) is 11.2. The molecule has 2 N–H and O–H groups in total. The van der Waals surface area contributed by atoms with Gasteiger partial charge in [-0.05, 0) is 46.3 Å². The summed E-state index contributed by atoms with van der Waals surface area (Å²) in [6.45, 7) is 0.503. The number of aromatic nitrogens is 5. The molecule has 0 atom stereocenters. The number of nitrogens with one attached hydrogen (secondary N) is 2. The van der Waals surface area contributed by atoms with E-state index < -0.39 is 0 Å². The average molecular weight is 548 g/mol. The predicted molar refractivity (Wildman–Crippen MR) is 147 cm³/mol. The molecule has 0 aliphatic carbocycles. The Morgan fingerprint density at radius 3 is 2.46 bits per heavy atom. The first-order chi connectivity index (χ1) is 18.1. The Kier molecular flexibility index (Phi) is 8.08. The summed E-state index contributed by atoms with van der Waals surface area (Å²) in [4.78, 5) is 29.4. The van der Waals surface area contributed by atoms with Gasteiger partial charge in [0, 0.05) is 12.2 Å². The largest absolute Gasteiger partial charge is 0.351 e. The summed E-state index contributed by atoms with van der Waals surface area (Å²) in [5, 5.41) is 18.1. The highest BCUT2D eigenvalue weighted by atomic mass is 32.2. The highest BCUT2D eigenvalue weighted by Gasteiger charge is 2.13. The monoisotopic (exact) mass is 547 g/mol. The van der Waals surface area contributed by atoms with Gasteiger partial charge in [0.1, 0.15) is 0 Å². The van der Waals surface area contributed by atoms with E-state index in [0.717, 1.165) is 25.8 Å². The van der Waals surface area contributed by atoms with Crippen LogP contribution >= 0.6 is 34.9 Å². The summed E-state index contributed by atoms with van der Waals surface area (Å²) in [5.41, 5.74) is 3.39. The van der Waals surface area contributed by atoms with Crippen LogP contribution in [0.3, 0.4) is 0 Å². The summed E-state index contributed by atoms with van der Waals surface area (Å²) in [5.74, 6) is 0.237. The molecular weight excluding hydrogens is 527 g/mol. The molecule has 9 nitrogen and oxygen atoms in total. The van der Waals surface area contributed by atoms with Gasteiger partial charge in [0.2, 0.25) is 17.0 Å². The number of para-hydroxylation sites is 1. The summed E-state index contributed by atoms with van der Waals surface area (Å²) < 4.78 is 3.34. The lowest BCUT2D eigenvalue weighted by molar-refractivity contribution is -0.118. The molecule has 5 rings (SSSR count). The molecule has 2 heterocycles. The Morgan fingerprint density at radius 1 is 0.892 bits per heavy atom. The summed E-state index contributed by atoms with van der Waals surface area (Å²) in [6, 6.07) is 24.9. The molecule has 37 heavy (non-hydrogen) atoms. The minimum atomic E-state index is -0.166. The third-order valence-electron chi connectivity index (χ3n) is 5.09.